The number of nitrogens with one attached hydrogen (secondary N) is 2. The molecule has 1 aromatic heterocycles. The molecule has 0 bridgehead atoms. The molecular weight excluding hydrogens is 348 g/mol. The van der Waals surface area contributed by atoms with E-state index in [1.165, 1.54) is 14.2 Å². The van der Waals surface area contributed by atoms with E-state index in [-0.39, 0.29) is 18.0 Å². The summed E-state index contributed by atoms with van der Waals surface area (Å²) in [5, 5.41) is 8.22. The molecule has 0 aliphatic rings. The van der Waals surface area contributed by atoms with Gasteiger partial charge in [0.2, 0.25) is 0 Å². The van der Waals surface area contributed by atoms with Crippen molar-refractivity contribution in [2.75, 3.05) is 19.5 Å². The van der Waals surface area contributed by atoms with Crippen molar-refractivity contribution in [3.63, 3.8) is 0 Å². The van der Waals surface area contributed by atoms with Gasteiger partial charge in [0.25, 0.3) is 0 Å². The molecule has 5 nitrogen and oxygen atoms in total. The number of anilines is 1. The van der Waals surface area contributed by atoms with Crippen molar-refractivity contribution in [3.05, 3.63) is 39.5 Å². The van der Waals surface area contributed by atoms with E-state index >= 15 is 0 Å². The van der Waals surface area contributed by atoms with Gasteiger partial charge in [0.05, 0.1) is 31.0 Å². The molecule has 24 heavy (non-hydrogen) atoms. The van der Waals surface area contributed by atoms with Crippen LogP contribution in [0.25, 0.3) is 0 Å². The lowest BCUT2D eigenvalue weighted by Crippen LogP contribution is -2.34. The Morgan fingerprint density at radius 3 is 2.46 bits per heavy atom. The third kappa shape index (κ3) is 4.33. The number of carbonyl (C=O) groups excluding carboxylic acids is 1. The van der Waals surface area contributed by atoms with Crippen LogP contribution in [-0.2, 0) is 0 Å². The largest absolute Gasteiger partial charge is 0.495 e. The van der Waals surface area contributed by atoms with E-state index in [0.717, 1.165) is 4.88 Å². The number of benzene rings is 1. The minimum Gasteiger partial charge on any atom is -0.495 e. The first-order valence-corrected chi connectivity index (χ1v) is 8.74. The van der Waals surface area contributed by atoms with Gasteiger partial charge in [-0.2, -0.15) is 0 Å². The number of ether oxygens (including phenoxy) is 2. The van der Waals surface area contributed by atoms with Crippen LogP contribution in [0, 0.1) is 5.92 Å². The van der Waals surface area contributed by atoms with Crippen molar-refractivity contribution >= 4 is 34.7 Å². The Labute approximate surface area is 150 Å². The zero-order valence-electron chi connectivity index (χ0n) is 14.1. The lowest BCUT2D eigenvalue weighted by atomic mass is 10.0. The summed E-state index contributed by atoms with van der Waals surface area (Å²) < 4.78 is 10.5. The SMILES string of the molecule is COc1cc(NC(=O)NC(c2cccs2)C(C)C)c(OC)cc1Cl. The van der Waals surface area contributed by atoms with E-state index in [0.29, 0.717) is 22.2 Å². The molecule has 2 aromatic rings. The Kier molecular flexibility index (Phi) is 6.34. The lowest BCUT2D eigenvalue weighted by Gasteiger charge is -2.22. The maximum atomic E-state index is 12.4. The van der Waals surface area contributed by atoms with Crippen molar-refractivity contribution < 1.29 is 14.3 Å². The molecule has 2 N–H and O–H groups in total. The molecule has 1 unspecified atom stereocenters. The number of thiophene rings is 1. The van der Waals surface area contributed by atoms with E-state index in [1.807, 2.05) is 17.5 Å². The van der Waals surface area contributed by atoms with E-state index in [2.05, 4.69) is 24.5 Å². The van der Waals surface area contributed by atoms with Crippen LogP contribution >= 0.6 is 22.9 Å². The van der Waals surface area contributed by atoms with Crippen LogP contribution in [0.1, 0.15) is 24.8 Å². The maximum Gasteiger partial charge on any atom is 0.319 e. The zero-order chi connectivity index (χ0) is 17.7. The monoisotopic (exact) mass is 368 g/mol. The molecule has 1 atom stereocenters. The Balaban J connectivity index is 2.17. The summed E-state index contributed by atoms with van der Waals surface area (Å²) in [6.45, 7) is 4.13. The predicted octanol–water partition coefficient (Wildman–Crippen LogP) is 4.94. The predicted molar refractivity (Wildman–Crippen MR) is 98.6 cm³/mol. The summed E-state index contributed by atoms with van der Waals surface area (Å²) in [5.74, 6) is 1.19. The summed E-state index contributed by atoms with van der Waals surface area (Å²) in [5.41, 5.74) is 0.491. The second-order valence-corrected chi connectivity index (χ2v) is 6.91. The first-order valence-electron chi connectivity index (χ1n) is 7.48. The number of halogens is 1. The van der Waals surface area contributed by atoms with Crippen LogP contribution in [0.4, 0.5) is 10.5 Å². The van der Waals surface area contributed by atoms with E-state index in [9.17, 15) is 4.79 Å². The van der Waals surface area contributed by atoms with E-state index < -0.39 is 0 Å². The highest BCUT2D eigenvalue weighted by molar-refractivity contribution is 7.10. The molecule has 0 saturated heterocycles. The minimum absolute atomic E-state index is 0.0646. The van der Waals surface area contributed by atoms with Crippen LogP contribution in [-0.4, -0.2) is 20.3 Å². The quantitative estimate of drug-likeness (QED) is 0.759. The van der Waals surface area contributed by atoms with Gasteiger partial charge in [-0.25, -0.2) is 4.79 Å². The Bertz CT molecular complexity index is 689. The molecule has 0 spiro atoms. The first-order chi connectivity index (χ1) is 11.5. The summed E-state index contributed by atoms with van der Waals surface area (Å²) in [7, 11) is 3.03. The third-order valence-corrected chi connectivity index (χ3v) is 4.78. The van der Waals surface area contributed by atoms with Crippen molar-refractivity contribution in [1.29, 1.82) is 0 Å². The molecule has 130 valence electrons. The van der Waals surface area contributed by atoms with Gasteiger partial charge in [0, 0.05) is 17.0 Å². The fraction of sp³-hybridized carbons (Fsp3) is 0.353. The average molecular weight is 369 g/mol. The Morgan fingerprint density at radius 2 is 1.92 bits per heavy atom. The minimum atomic E-state index is -0.315. The molecule has 0 aliphatic carbocycles. The van der Waals surface area contributed by atoms with Crippen molar-refractivity contribution in [3.8, 4) is 11.5 Å². The van der Waals surface area contributed by atoms with Crippen LogP contribution in [0.3, 0.4) is 0 Å². The van der Waals surface area contributed by atoms with Crippen LogP contribution in [0.15, 0.2) is 29.6 Å². The number of methoxy groups -OCH3 is 2. The molecule has 1 aromatic carbocycles. The summed E-state index contributed by atoms with van der Waals surface area (Å²) in [6, 6.07) is 6.85. The van der Waals surface area contributed by atoms with E-state index in [4.69, 9.17) is 21.1 Å². The number of amides is 2. The second kappa shape index (κ2) is 8.26. The van der Waals surface area contributed by atoms with Gasteiger partial charge in [-0.05, 0) is 17.4 Å². The highest BCUT2D eigenvalue weighted by atomic mass is 35.5. The van der Waals surface area contributed by atoms with Gasteiger partial charge >= 0.3 is 6.03 Å². The molecule has 0 radical (unpaired) electrons. The van der Waals surface area contributed by atoms with Gasteiger partial charge in [-0.3, -0.25) is 0 Å². The van der Waals surface area contributed by atoms with Crippen LogP contribution in [0.5, 0.6) is 11.5 Å². The smallest absolute Gasteiger partial charge is 0.319 e. The van der Waals surface area contributed by atoms with Crippen molar-refractivity contribution in [2.45, 2.75) is 19.9 Å². The molecule has 0 aliphatic heterocycles. The molecule has 2 amide bonds. The number of urea groups is 1. The molecular formula is C17H21ClN2O3S. The van der Waals surface area contributed by atoms with E-state index in [1.54, 1.807) is 23.5 Å². The van der Waals surface area contributed by atoms with Crippen molar-refractivity contribution in [1.82, 2.24) is 5.32 Å². The molecule has 7 heteroatoms. The van der Waals surface area contributed by atoms with Crippen LogP contribution in [0.2, 0.25) is 5.02 Å². The Hall–Kier alpha value is -1.92. The number of hydrogen-bond donors (Lipinski definition) is 2. The topological polar surface area (TPSA) is 59.6 Å². The lowest BCUT2D eigenvalue weighted by molar-refractivity contribution is 0.245. The molecule has 1 heterocycles. The molecule has 0 fully saturated rings. The van der Waals surface area contributed by atoms with Crippen LogP contribution < -0.4 is 20.1 Å². The number of hydrogen-bond acceptors (Lipinski definition) is 4. The summed E-state index contributed by atoms with van der Waals surface area (Å²) in [6.07, 6.45) is 0. The van der Waals surface area contributed by atoms with Crippen molar-refractivity contribution in [2.24, 2.45) is 5.92 Å². The highest BCUT2D eigenvalue weighted by Crippen LogP contribution is 2.36. The average Bonchev–Trinajstić information content (AvgIpc) is 3.07. The van der Waals surface area contributed by atoms with Gasteiger partial charge < -0.3 is 20.1 Å². The summed E-state index contributed by atoms with van der Waals surface area (Å²) >= 11 is 7.70. The summed E-state index contributed by atoms with van der Waals surface area (Å²) in [4.78, 5) is 13.5. The Morgan fingerprint density at radius 1 is 1.21 bits per heavy atom. The normalized spacial score (nSPS) is 11.9. The highest BCUT2D eigenvalue weighted by Gasteiger charge is 2.20. The zero-order valence-corrected chi connectivity index (χ0v) is 15.6. The fourth-order valence-electron chi connectivity index (χ4n) is 2.29. The third-order valence-electron chi connectivity index (χ3n) is 3.53. The van der Waals surface area contributed by atoms with Gasteiger partial charge in [0.15, 0.2) is 0 Å². The second-order valence-electron chi connectivity index (χ2n) is 5.52. The molecule has 2 rings (SSSR count). The first kappa shape index (κ1) is 18.4. The number of rotatable bonds is 6. The number of carbonyl (C=O) groups is 1. The fourth-order valence-corrected chi connectivity index (χ4v) is 3.47. The van der Waals surface area contributed by atoms with Gasteiger partial charge in [0.1, 0.15) is 11.5 Å². The molecule has 0 saturated carbocycles. The maximum absolute atomic E-state index is 12.4. The van der Waals surface area contributed by atoms with Gasteiger partial charge in [-0.1, -0.05) is 31.5 Å². The van der Waals surface area contributed by atoms with Gasteiger partial charge in [-0.15, -0.1) is 11.3 Å². The standard InChI is InChI=1S/C17H21ClN2O3S/c1-10(2)16(15-6-5-7-24-15)20-17(21)19-12-9-13(22-3)11(18)8-14(12)23-4/h5-10,16H,1-4H3,(H2,19,20,21).